The smallest absolute Gasteiger partial charge is 0.190 e. The molecule has 18 heavy (non-hydrogen) atoms. The van der Waals surface area contributed by atoms with Gasteiger partial charge in [0.1, 0.15) is 11.8 Å². The third kappa shape index (κ3) is 2.11. The highest BCUT2D eigenvalue weighted by Gasteiger charge is 2.14. The normalized spacial score (nSPS) is 10.3. The summed E-state index contributed by atoms with van der Waals surface area (Å²) in [5.41, 5.74) is 4.18. The minimum Gasteiger partial charge on any atom is -0.394 e. The highest BCUT2D eigenvalue weighted by atomic mass is 16.3. The van der Waals surface area contributed by atoms with E-state index in [1.165, 1.54) is 5.56 Å². The first kappa shape index (κ1) is 12.3. The number of aliphatic hydroxyl groups is 1. The van der Waals surface area contributed by atoms with Crippen molar-refractivity contribution in [3.05, 3.63) is 35.0 Å². The van der Waals surface area contributed by atoms with Crippen LogP contribution in [0.4, 0.5) is 0 Å². The molecule has 0 aliphatic carbocycles. The number of aliphatic hydroxyl groups excluding tert-OH is 1. The SMILES string of the molecule is Cc1ccc(-c2c(C#N)nnn2CCO)cc1C. The second-order valence-electron chi connectivity index (χ2n) is 4.14. The van der Waals surface area contributed by atoms with Gasteiger partial charge in [0.05, 0.1) is 13.2 Å². The molecule has 2 rings (SSSR count). The van der Waals surface area contributed by atoms with E-state index in [-0.39, 0.29) is 12.3 Å². The first-order chi connectivity index (χ1) is 8.67. The van der Waals surface area contributed by atoms with E-state index in [2.05, 4.69) is 10.3 Å². The zero-order valence-corrected chi connectivity index (χ0v) is 10.4. The number of hydrogen-bond acceptors (Lipinski definition) is 4. The summed E-state index contributed by atoms with van der Waals surface area (Å²) in [6.07, 6.45) is 0. The Morgan fingerprint density at radius 1 is 1.33 bits per heavy atom. The van der Waals surface area contributed by atoms with Gasteiger partial charge in [0, 0.05) is 5.56 Å². The van der Waals surface area contributed by atoms with Gasteiger partial charge >= 0.3 is 0 Å². The van der Waals surface area contributed by atoms with Crippen molar-refractivity contribution in [2.24, 2.45) is 0 Å². The molecule has 0 unspecified atom stereocenters. The molecule has 1 aromatic carbocycles. The van der Waals surface area contributed by atoms with Crippen LogP contribution in [0.15, 0.2) is 18.2 Å². The van der Waals surface area contributed by atoms with Gasteiger partial charge in [-0.3, -0.25) is 0 Å². The lowest BCUT2D eigenvalue weighted by molar-refractivity contribution is 0.269. The maximum atomic E-state index is 9.06. The Hall–Kier alpha value is -2.19. The predicted molar refractivity (Wildman–Crippen MR) is 66.7 cm³/mol. The third-order valence-corrected chi connectivity index (χ3v) is 2.93. The summed E-state index contributed by atoms with van der Waals surface area (Å²) in [5, 5.41) is 25.8. The maximum Gasteiger partial charge on any atom is 0.190 e. The Labute approximate surface area is 105 Å². The van der Waals surface area contributed by atoms with Gasteiger partial charge in [-0.25, -0.2) is 4.68 Å². The molecule has 5 heteroatoms. The summed E-state index contributed by atoms with van der Waals surface area (Å²) in [6.45, 7) is 4.35. The molecule has 0 saturated carbocycles. The Morgan fingerprint density at radius 3 is 2.72 bits per heavy atom. The molecule has 0 bridgehead atoms. The van der Waals surface area contributed by atoms with Crippen LogP contribution in [0.5, 0.6) is 0 Å². The zero-order valence-electron chi connectivity index (χ0n) is 10.4. The van der Waals surface area contributed by atoms with Gasteiger partial charge < -0.3 is 5.11 Å². The molecule has 0 aliphatic heterocycles. The number of aryl methyl sites for hydroxylation is 2. The van der Waals surface area contributed by atoms with Crippen LogP contribution < -0.4 is 0 Å². The van der Waals surface area contributed by atoms with Crippen LogP contribution in [0.1, 0.15) is 16.8 Å². The second kappa shape index (κ2) is 4.98. The minimum atomic E-state index is -0.0356. The van der Waals surface area contributed by atoms with E-state index < -0.39 is 0 Å². The number of hydrogen-bond donors (Lipinski definition) is 1. The van der Waals surface area contributed by atoms with E-state index in [4.69, 9.17) is 10.4 Å². The number of rotatable bonds is 3. The Balaban J connectivity index is 2.58. The van der Waals surface area contributed by atoms with Crippen molar-refractivity contribution in [2.45, 2.75) is 20.4 Å². The van der Waals surface area contributed by atoms with Crippen LogP contribution in [-0.2, 0) is 6.54 Å². The van der Waals surface area contributed by atoms with Crippen LogP contribution >= 0.6 is 0 Å². The monoisotopic (exact) mass is 242 g/mol. The van der Waals surface area contributed by atoms with Crippen molar-refractivity contribution < 1.29 is 5.11 Å². The van der Waals surface area contributed by atoms with Crippen LogP contribution in [0.3, 0.4) is 0 Å². The largest absolute Gasteiger partial charge is 0.394 e. The number of nitriles is 1. The van der Waals surface area contributed by atoms with E-state index in [1.807, 2.05) is 38.1 Å². The summed E-state index contributed by atoms with van der Waals surface area (Å²) in [6, 6.07) is 7.98. The number of benzene rings is 1. The van der Waals surface area contributed by atoms with Crippen LogP contribution in [0.25, 0.3) is 11.3 Å². The summed E-state index contributed by atoms with van der Waals surface area (Å²) in [4.78, 5) is 0. The molecule has 0 aliphatic rings. The Bertz CT molecular complexity index is 610. The van der Waals surface area contributed by atoms with Crippen LogP contribution in [0, 0.1) is 25.2 Å². The fraction of sp³-hybridized carbons (Fsp3) is 0.308. The highest BCUT2D eigenvalue weighted by molar-refractivity contribution is 5.66. The standard InChI is InChI=1S/C13H14N4O/c1-9-3-4-11(7-10(9)2)13-12(8-14)15-16-17(13)5-6-18/h3-4,7,18H,5-6H2,1-2H3. The summed E-state index contributed by atoms with van der Waals surface area (Å²) >= 11 is 0. The first-order valence-electron chi connectivity index (χ1n) is 5.69. The fourth-order valence-corrected chi connectivity index (χ4v) is 1.81. The molecule has 0 radical (unpaired) electrons. The molecule has 2 aromatic rings. The lowest BCUT2D eigenvalue weighted by Gasteiger charge is -2.07. The molecule has 0 amide bonds. The van der Waals surface area contributed by atoms with E-state index in [9.17, 15) is 0 Å². The molecule has 0 saturated heterocycles. The molecule has 92 valence electrons. The van der Waals surface area contributed by atoms with Crippen molar-refractivity contribution in [3.8, 4) is 17.3 Å². The second-order valence-corrected chi connectivity index (χ2v) is 4.14. The highest BCUT2D eigenvalue weighted by Crippen LogP contribution is 2.24. The van der Waals surface area contributed by atoms with Gasteiger partial charge in [-0.15, -0.1) is 5.10 Å². The fourth-order valence-electron chi connectivity index (χ4n) is 1.81. The van der Waals surface area contributed by atoms with E-state index in [0.29, 0.717) is 12.2 Å². The van der Waals surface area contributed by atoms with Gasteiger partial charge in [-0.2, -0.15) is 5.26 Å². The van der Waals surface area contributed by atoms with Gasteiger partial charge in [0.15, 0.2) is 5.69 Å². The molecule has 0 fully saturated rings. The lowest BCUT2D eigenvalue weighted by Crippen LogP contribution is -2.06. The topological polar surface area (TPSA) is 74.7 Å². The quantitative estimate of drug-likeness (QED) is 0.883. The number of nitrogens with zero attached hydrogens (tertiary/aromatic N) is 4. The van der Waals surface area contributed by atoms with Gasteiger partial charge in [0.25, 0.3) is 0 Å². The maximum absolute atomic E-state index is 9.06. The molecule has 0 atom stereocenters. The lowest BCUT2D eigenvalue weighted by atomic mass is 10.0. The zero-order chi connectivity index (χ0) is 13.1. The Morgan fingerprint density at radius 2 is 2.11 bits per heavy atom. The van der Waals surface area contributed by atoms with Crippen molar-refractivity contribution >= 4 is 0 Å². The molecule has 1 aromatic heterocycles. The molecule has 1 N–H and O–H groups in total. The van der Waals surface area contributed by atoms with Crippen LogP contribution in [0.2, 0.25) is 0 Å². The molecule has 1 heterocycles. The number of aromatic nitrogens is 3. The van der Waals surface area contributed by atoms with E-state index in [0.717, 1.165) is 11.1 Å². The van der Waals surface area contributed by atoms with Crippen molar-refractivity contribution in [1.29, 1.82) is 5.26 Å². The minimum absolute atomic E-state index is 0.0356. The summed E-state index contributed by atoms with van der Waals surface area (Å²) in [5.74, 6) is 0. The molecular weight excluding hydrogens is 228 g/mol. The van der Waals surface area contributed by atoms with Gasteiger partial charge in [-0.05, 0) is 31.0 Å². The van der Waals surface area contributed by atoms with Crippen molar-refractivity contribution in [2.75, 3.05) is 6.61 Å². The van der Waals surface area contributed by atoms with Gasteiger partial charge in [0.2, 0.25) is 0 Å². The summed E-state index contributed by atoms with van der Waals surface area (Å²) < 4.78 is 1.56. The van der Waals surface area contributed by atoms with Crippen molar-refractivity contribution in [1.82, 2.24) is 15.0 Å². The third-order valence-electron chi connectivity index (χ3n) is 2.93. The molecule has 5 nitrogen and oxygen atoms in total. The van der Waals surface area contributed by atoms with Crippen molar-refractivity contribution in [3.63, 3.8) is 0 Å². The van der Waals surface area contributed by atoms with E-state index >= 15 is 0 Å². The first-order valence-corrected chi connectivity index (χ1v) is 5.69. The average Bonchev–Trinajstić information content (AvgIpc) is 2.76. The molecular formula is C13H14N4O. The molecule has 0 spiro atoms. The van der Waals surface area contributed by atoms with Gasteiger partial charge in [-0.1, -0.05) is 17.3 Å². The predicted octanol–water partition coefficient (Wildman–Crippen LogP) is 1.43. The average molecular weight is 242 g/mol. The van der Waals surface area contributed by atoms with Crippen LogP contribution in [-0.4, -0.2) is 26.7 Å². The summed E-state index contributed by atoms with van der Waals surface area (Å²) in [7, 11) is 0. The Kier molecular flexibility index (Phi) is 3.40. The van der Waals surface area contributed by atoms with E-state index in [1.54, 1.807) is 4.68 Å².